The molecule has 25 heavy (non-hydrogen) atoms. The van der Waals surface area contributed by atoms with Gasteiger partial charge in [0.15, 0.2) is 0 Å². The zero-order valence-electron chi connectivity index (χ0n) is 15.5. The van der Waals surface area contributed by atoms with Gasteiger partial charge in [-0.2, -0.15) is 0 Å². The normalized spacial score (nSPS) is 24.5. The number of aryl methyl sites for hydroxylation is 1. The highest BCUT2D eigenvalue weighted by atomic mass is 16.5. The highest BCUT2D eigenvalue weighted by molar-refractivity contribution is 5.79. The Kier molecular flexibility index (Phi) is 6.35. The number of carbonyl (C=O) groups is 1. The standard InChI is InChI=1S/C21H32N2O2/c1-2-25-20-9-5-16(6-10-20)3-4-17-11-13-23(14-12-17)21(24)18-7-8-19(22)15-18/h5-6,9-10,17-19H,2-4,7-8,11-15,22H2,1H3. The van der Waals surface area contributed by atoms with Crippen LogP contribution in [-0.4, -0.2) is 36.5 Å². The second-order valence-electron chi connectivity index (χ2n) is 7.65. The van der Waals surface area contributed by atoms with Gasteiger partial charge in [0.2, 0.25) is 5.91 Å². The van der Waals surface area contributed by atoms with Gasteiger partial charge in [0, 0.05) is 25.0 Å². The zero-order chi connectivity index (χ0) is 17.6. The third-order valence-corrected chi connectivity index (χ3v) is 5.82. The van der Waals surface area contributed by atoms with E-state index in [1.807, 2.05) is 6.92 Å². The first-order valence-corrected chi connectivity index (χ1v) is 9.91. The number of benzene rings is 1. The van der Waals surface area contributed by atoms with Gasteiger partial charge < -0.3 is 15.4 Å². The Hall–Kier alpha value is -1.55. The van der Waals surface area contributed by atoms with Crippen molar-refractivity contribution < 1.29 is 9.53 Å². The van der Waals surface area contributed by atoms with Crippen molar-refractivity contribution in [1.29, 1.82) is 0 Å². The minimum absolute atomic E-state index is 0.190. The zero-order valence-corrected chi connectivity index (χ0v) is 15.5. The smallest absolute Gasteiger partial charge is 0.225 e. The van der Waals surface area contributed by atoms with Crippen molar-refractivity contribution in [2.24, 2.45) is 17.6 Å². The van der Waals surface area contributed by atoms with Crippen LogP contribution in [0.1, 0.15) is 51.0 Å². The molecule has 0 radical (unpaired) electrons. The number of nitrogens with two attached hydrogens (primary N) is 1. The number of piperidine rings is 1. The van der Waals surface area contributed by atoms with Crippen LogP contribution in [0.2, 0.25) is 0 Å². The first-order valence-electron chi connectivity index (χ1n) is 9.91. The Bertz CT molecular complexity index is 550. The molecule has 138 valence electrons. The van der Waals surface area contributed by atoms with Crippen LogP contribution in [0.4, 0.5) is 0 Å². The summed E-state index contributed by atoms with van der Waals surface area (Å²) in [5, 5.41) is 0. The van der Waals surface area contributed by atoms with E-state index < -0.39 is 0 Å². The van der Waals surface area contributed by atoms with Gasteiger partial charge in [-0.1, -0.05) is 12.1 Å². The predicted octanol–water partition coefficient (Wildman–Crippen LogP) is 3.38. The maximum absolute atomic E-state index is 12.6. The van der Waals surface area contributed by atoms with Crippen LogP contribution < -0.4 is 10.5 Å². The van der Waals surface area contributed by atoms with Crippen molar-refractivity contribution in [2.75, 3.05) is 19.7 Å². The van der Waals surface area contributed by atoms with Crippen molar-refractivity contribution in [3.8, 4) is 5.75 Å². The number of hydrogen-bond donors (Lipinski definition) is 1. The summed E-state index contributed by atoms with van der Waals surface area (Å²) in [5.41, 5.74) is 7.33. The van der Waals surface area contributed by atoms with Crippen LogP contribution in [0.25, 0.3) is 0 Å². The summed E-state index contributed by atoms with van der Waals surface area (Å²) in [4.78, 5) is 14.7. The van der Waals surface area contributed by atoms with E-state index in [1.165, 1.54) is 12.0 Å². The number of rotatable bonds is 6. The molecule has 2 atom stereocenters. The first-order chi connectivity index (χ1) is 12.2. The maximum atomic E-state index is 12.6. The summed E-state index contributed by atoms with van der Waals surface area (Å²) in [7, 11) is 0. The monoisotopic (exact) mass is 344 g/mol. The molecule has 0 aromatic heterocycles. The number of hydrogen-bond acceptors (Lipinski definition) is 3. The van der Waals surface area contributed by atoms with Gasteiger partial charge in [0.25, 0.3) is 0 Å². The summed E-state index contributed by atoms with van der Waals surface area (Å²) in [6, 6.07) is 8.71. The molecule has 2 unspecified atom stereocenters. The molecular weight excluding hydrogens is 312 g/mol. The summed E-state index contributed by atoms with van der Waals surface area (Å²) < 4.78 is 5.49. The molecule has 1 saturated carbocycles. The highest BCUT2D eigenvalue weighted by Crippen LogP contribution is 2.29. The van der Waals surface area contributed by atoms with Gasteiger partial charge in [-0.25, -0.2) is 0 Å². The van der Waals surface area contributed by atoms with Gasteiger partial charge in [-0.15, -0.1) is 0 Å². The minimum atomic E-state index is 0.190. The molecule has 4 nitrogen and oxygen atoms in total. The number of amides is 1. The van der Waals surface area contributed by atoms with E-state index in [1.54, 1.807) is 0 Å². The van der Waals surface area contributed by atoms with Crippen molar-refractivity contribution >= 4 is 5.91 Å². The molecule has 1 aliphatic carbocycles. The molecular formula is C21H32N2O2. The van der Waals surface area contributed by atoms with Gasteiger partial charge in [0.1, 0.15) is 5.75 Å². The third kappa shape index (κ3) is 4.97. The molecule has 0 bridgehead atoms. The average Bonchev–Trinajstić information content (AvgIpc) is 3.08. The predicted molar refractivity (Wildman–Crippen MR) is 101 cm³/mol. The van der Waals surface area contributed by atoms with E-state index in [2.05, 4.69) is 29.2 Å². The van der Waals surface area contributed by atoms with E-state index in [4.69, 9.17) is 10.5 Å². The summed E-state index contributed by atoms with van der Waals surface area (Å²) >= 11 is 0. The van der Waals surface area contributed by atoms with Crippen LogP contribution in [-0.2, 0) is 11.2 Å². The fraction of sp³-hybridized carbons (Fsp3) is 0.667. The quantitative estimate of drug-likeness (QED) is 0.861. The van der Waals surface area contributed by atoms with Gasteiger partial charge in [0.05, 0.1) is 6.61 Å². The molecule has 2 N–H and O–H groups in total. The topological polar surface area (TPSA) is 55.6 Å². The maximum Gasteiger partial charge on any atom is 0.225 e. The Morgan fingerprint density at radius 1 is 1.16 bits per heavy atom. The summed E-state index contributed by atoms with van der Waals surface area (Å²) in [5.74, 6) is 2.24. The SMILES string of the molecule is CCOc1ccc(CCC2CCN(C(=O)C3CCC(N)C3)CC2)cc1. The number of carbonyl (C=O) groups excluding carboxylic acids is 1. The van der Waals surface area contributed by atoms with E-state index in [9.17, 15) is 4.79 Å². The molecule has 4 heteroatoms. The highest BCUT2D eigenvalue weighted by Gasteiger charge is 2.32. The number of nitrogens with zero attached hydrogens (tertiary/aromatic N) is 1. The van der Waals surface area contributed by atoms with Crippen LogP contribution in [0, 0.1) is 11.8 Å². The lowest BCUT2D eigenvalue weighted by Gasteiger charge is -2.33. The molecule has 3 rings (SSSR count). The second-order valence-corrected chi connectivity index (χ2v) is 7.65. The van der Waals surface area contributed by atoms with Gasteiger partial charge in [-0.3, -0.25) is 4.79 Å². The van der Waals surface area contributed by atoms with Crippen molar-refractivity contribution in [2.45, 2.75) is 57.9 Å². The molecule has 1 aromatic carbocycles. The van der Waals surface area contributed by atoms with Crippen molar-refractivity contribution in [3.63, 3.8) is 0 Å². The Morgan fingerprint density at radius 2 is 1.88 bits per heavy atom. The van der Waals surface area contributed by atoms with E-state index >= 15 is 0 Å². The lowest BCUT2D eigenvalue weighted by molar-refractivity contribution is -0.136. The van der Waals surface area contributed by atoms with Gasteiger partial charge >= 0.3 is 0 Å². The molecule has 2 aliphatic rings. The van der Waals surface area contributed by atoms with Crippen LogP contribution in [0.3, 0.4) is 0 Å². The fourth-order valence-corrected chi connectivity index (χ4v) is 4.23. The number of ether oxygens (including phenoxy) is 1. The van der Waals surface area contributed by atoms with Crippen LogP contribution >= 0.6 is 0 Å². The van der Waals surface area contributed by atoms with E-state index in [0.29, 0.717) is 12.5 Å². The van der Waals surface area contributed by atoms with Crippen molar-refractivity contribution in [1.82, 2.24) is 4.90 Å². The van der Waals surface area contributed by atoms with Crippen LogP contribution in [0.5, 0.6) is 5.75 Å². The van der Waals surface area contributed by atoms with E-state index in [-0.39, 0.29) is 12.0 Å². The average molecular weight is 344 g/mol. The molecule has 1 heterocycles. The Morgan fingerprint density at radius 3 is 2.48 bits per heavy atom. The Balaban J connectivity index is 1.39. The largest absolute Gasteiger partial charge is 0.494 e. The van der Waals surface area contributed by atoms with Crippen molar-refractivity contribution in [3.05, 3.63) is 29.8 Å². The number of likely N-dealkylation sites (tertiary alicyclic amines) is 1. The third-order valence-electron chi connectivity index (χ3n) is 5.82. The molecule has 1 aromatic rings. The summed E-state index contributed by atoms with van der Waals surface area (Å²) in [6.45, 7) is 4.58. The molecule has 2 fully saturated rings. The van der Waals surface area contributed by atoms with Gasteiger partial charge in [-0.05, 0) is 75.5 Å². The molecule has 1 aliphatic heterocycles. The first kappa shape index (κ1) is 18.2. The summed E-state index contributed by atoms with van der Waals surface area (Å²) in [6.07, 6.45) is 7.49. The molecule has 0 spiro atoms. The van der Waals surface area contributed by atoms with E-state index in [0.717, 1.165) is 63.3 Å². The lowest BCUT2D eigenvalue weighted by atomic mass is 9.90. The Labute approximate surface area is 151 Å². The second kappa shape index (κ2) is 8.70. The molecule has 1 saturated heterocycles. The fourth-order valence-electron chi connectivity index (χ4n) is 4.23. The van der Waals surface area contributed by atoms with Crippen LogP contribution in [0.15, 0.2) is 24.3 Å². The molecule has 1 amide bonds. The minimum Gasteiger partial charge on any atom is -0.494 e. The lowest BCUT2D eigenvalue weighted by Crippen LogP contribution is -2.41.